The Balaban J connectivity index is 2.90. The summed E-state index contributed by atoms with van der Waals surface area (Å²) < 4.78 is 0.453. The zero-order valence-electron chi connectivity index (χ0n) is 7.97. The molecule has 5 nitrogen and oxygen atoms in total. The lowest BCUT2D eigenvalue weighted by Gasteiger charge is -2.17. The van der Waals surface area contributed by atoms with Crippen LogP contribution in [-0.2, 0) is 4.79 Å². The number of aliphatic hydroxyl groups excluding tert-OH is 2. The Morgan fingerprint density at radius 2 is 2.19 bits per heavy atom. The predicted molar refractivity (Wildman–Crippen MR) is 60.2 cm³/mol. The third-order valence-corrected chi connectivity index (χ3v) is 2.79. The normalized spacial score (nSPS) is 14.5. The molecule has 0 amide bonds. The highest BCUT2D eigenvalue weighted by Crippen LogP contribution is 2.28. The molecular formula is C9H9BrClNO4. The highest BCUT2D eigenvalue weighted by atomic mass is 79.9. The Bertz CT molecular complexity index is 401. The average Bonchev–Trinajstić information content (AvgIpc) is 2.19. The number of carboxylic acids is 1. The van der Waals surface area contributed by atoms with Crippen LogP contribution >= 0.6 is 27.5 Å². The lowest BCUT2D eigenvalue weighted by molar-refractivity contribution is -0.141. The summed E-state index contributed by atoms with van der Waals surface area (Å²) in [6, 6.07) is 1.36. The molecule has 0 saturated heterocycles. The van der Waals surface area contributed by atoms with E-state index >= 15 is 0 Å². The molecule has 2 unspecified atom stereocenters. The summed E-state index contributed by atoms with van der Waals surface area (Å²) in [6.07, 6.45) is -1.90. The van der Waals surface area contributed by atoms with Gasteiger partial charge in [0.1, 0.15) is 11.3 Å². The quantitative estimate of drug-likeness (QED) is 0.731. The number of carboxylic acid groups (broad SMARTS) is 1. The first-order chi connectivity index (χ1) is 7.41. The van der Waals surface area contributed by atoms with Crippen LogP contribution < -0.4 is 0 Å². The molecule has 88 valence electrons. The van der Waals surface area contributed by atoms with Crippen LogP contribution in [0.3, 0.4) is 0 Å². The molecule has 0 aliphatic carbocycles. The summed E-state index contributed by atoms with van der Waals surface area (Å²) >= 11 is 8.76. The van der Waals surface area contributed by atoms with E-state index in [1.807, 2.05) is 0 Å². The van der Waals surface area contributed by atoms with Crippen LogP contribution in [0.15, 0.2) is 16.7 Å². The van der Waals surface area contributed by atoms with Gasteiger partial charge >= 0.3 is 5.97 Å². The van der Waals surface area contributed by atoms with Gasteiger partial charge in [0.2, 0.25) is 0 Å². The maximum atomic E-state index is 10.4. The van der Waals surface area contributed by atoms with Crippen LogP contribution in [-0.4, -0.2) is 32.4 Å². The second kappa shape index (κ2) is 5.58. The van der Waals surface area contributed by atoms with E-state index in [1.165, 1.54) is 12.3 Å². The minimum Gasteiger partial charge on any atom is -0.481 e. The molecule has 16 heavy (non-hydrogen) atoms. The van der Waals surface area contributed by atoms with Crippen molar-refractivity contribution in [2.75, 3.05) is 0 Å². The number of aromatic nitrogens is 1. The van der Waals surface area contributed by atoms with Crippen LogP contribution in [0.25, 0.3) is 0 Å². The van der Waals surface area contributed by atoms with Gasteiger partial charge < -0.3 is 15.3 Å². The van der Waals surface area contributed by atoms with Crippen molar-refractivity contribution in [2.45, 2.75) is 18.6 Å². The minimum atomic E-state index is -1.40. The number of aliphatic carboxylic acids is 1. The van der Waals surface area contributed by atoms with Crippen LogP contribution in [0.2, 0.25) is 5.15 Å². The summed E-state index contributed by atoms with van der Waals surface area (Å²) in [4.78, 5) is 14.1. The number of rotatable bonds is 4. The van der Waals surface area contributed by atoms with Gasteiger partial charge in [-0.25, -0.2) is 4.98 Å². The fourth-order valence-corrected chi connectivity index (χ4v) is 1.77. The largest absolute Gasteiger partial charge is 0.481 e. The second-order valence-electron chi connectivity index (χ2n) is 3.14. The molecular weight excluding hydrogens is 301 g/mol. The van der Waals surface area contributed by atoms with Crippen LogP contribution in [0, 0.1) is 0 Å². The Kier molecular flexibility index (Phi) is 4.67. The lowest BCUT2D eigenvalue weighted by atomic mass is 10.0. The van der Waals surface area contributed by atoms with Gasteiger partial charge in [-0.15, -0.1) is 0 Å². The second-order valence-corrected chi connectivity index (χ2v) is 4.38. The number of nitrogens with zero attached hydrogens (tertiary/aromatic N) is 1. The molecule has 1 aromatic heterocycles. The van der Waals surface area contributed by atoms with E-state index in [-0.39, 0.29) is 5.15 Å². The number of aliphatic hydroxyl groups is 2. The van der Waals surface area contributed by atoms with Crippen molar-refractivity contribution in [3.63, 3.8) is 0 Å². The van der Waals surface area contributed by atoms with Crippen molar-refractivity contribution < 1.29 is 20.1 Å². The molecule has 2 atom stereocenters. The van der Waals surface area contributed by atoms with Crippen molar-refractivity contribution in [3.8, 4) is 0 Å². The highest BCUT2D eigenvalue weighted by molar-refractivity contribution is 9.10. The lowest BCUT2D eigenvalue weighted by Crippen LogP contribution is -2.22. The van der Waals surface area contributed by atoms with Gasteiger partial charge in [0.05, 0.1) is 12.5 Å². The van der Waals surface area contributed by atoms with Gasteiger partial charge in [0.25, 0.3) is 0 Å². The molecule has 0 radical (unpaired) electrons. The Labute approximate surface area is 105 Å². The predicted octanol–water partition coefficient (Wildman–Crippen LogP) is 1.37. The van der Waals surface area contributed by atoms with E-state index in [9.17, 15) is 15.0 Å². The van der Waals surface area contributed by atoms with E-state index in [2.05, 4.69) is 20.9 Å². The van der Waals surface area contributed by atoms with E-state index in [1.54, 1.807) is 0 Å². The first kappa shape index (κ1) is 13.4. The summed E-state index contributed by atoms with van der Waals surface area (Å²) in [5.74, 6) is -1.19. The monoisotopic (exact) mass is 309 g/mol. The van der Waals surface area contributed by atoms with Crippen LogP contribution in [0.4, 0.5) is 0 Å². The topological polar surface area (TPSA) is 90.7 Å². The smallest absolute Gasteiger partial charge is 0.306 e. The molecule has 0 bridgehead atoms. The fourth-order valence-electron chi connectivity index (χ4n) is 1.15. The third-order valence-electron chi connectivity index (χ3n) is 1.92. The maximum absolute atomic E-state index is 10.4. The molecule has 0 fully saturated rings. The summed E-state index contributed by atoms with van der Waals surface area (Å²) in [6.45, 7) is 0. The van der Waals surface area contributed by atoms with E-state index in [0.717, 1.165) is 0 Å². The first-order valence-corrected chi connectivity index (χ1v) is 5.47. The van der Waals surface area contributed by atoms with Crippen molar-refractivity contribution in [1.82, 2.24) is 4.98 Å². The number of halogens is 2. The van der Waals surface area contributed by atoms with Gasteiger partial charge in [-0.2, -0.15) is 0 Å². The molecule has 3 N–H and O–H groups in total. The van der Waals surface area contributed by atoms with E-state index < -0.39 is 24.6 Å². The summed E-state index contributed by atoms with van der Waals surface area (Å²) in [5, 5.41) is 27.8. The average molecular weight is 311 g/mol. The number of hydrogen-bond donors (Lipinski definition) is 3. The standard InChI is InChI=1S/C9H9BrClNO4/c10-5-3-12-7(11)1-4(5)9(16)6(13)2-8(14)15/h1,3,6,9,13,16H,2H2,(H,14,15). The summed E-state index contributed by atoms with van der Waals surface area (Å²) in [7, 11) is 0. The number of hydrogen-bond acceptors (Lipinski definition) is 4. The van der Waals surface area contributed by atoms with Gasteiger partial charge in [-0.05, 0) is 22.0 Å². The Morgan fingerprint density at radius 1 is 1.56 bits per heavy atom. The SMILES string of the molecule is O=C(O)CC(O)C(O)c1cc(Cl)ncc1Br. The molecule has 0 aliphatic heterocycles. The zero-order chi connectivity index (χ0) is 12.3. The van der Waals surface area contributed by atoms with Crippen LogP contribution in [0.1, 0.15) is 18.1 Å². The molecule has 1 aromatic rings. The Morgan fingerprint density at radius 3 is 2.75 bits per heavy atom. The molecule has 0 saturated carbocycles. The highest BCUT2D eigenvalue weighted by Gasteiger charge is 2.23. The zero-order valence-corrected chi connectivity index (χ0v) is 10.3. The van der Waals surface area contributed by atoms with E-state index in [0.29, 0.717) is 10.0 Å². The third kappa shape index (κ3) is 3.41. The van der Waals surface area contributed by atoms with E-state index in [4.69, 9.17) is 16.7 Å². The van der Waals surface area contributed by atoms with Crippen molar-refractivity contribution in [3.05, 3.63) is 27.5 Å². The first-order valence-electron chi connectivity index (χ1n) is 4.30. The maximum Gasteiger partial charge on any atom is 0.306 e. The van der Waals surface area contributed by atoms with Crippen LogP contribution in [0.5, 0.6) is 0 Å². The summed E-state index contributed by atoms with van der Waals surface area (Å²) in [5.41, 5.74) is 0.300. The number of pyridine rings is 1. The minimum absolute atomic E-state index is 0.153. The van der Waals surface area contributed by atoms with Gasteiger partial charge in [0, 0.05) is 16.2 Å². The number of carbonyl (C=O) groups is 1. The van der Waals surface area contributed by atoms with Crippen molar-refractivity contribution >= 4 is 33.5 Å². The van der Waals surface area contributed by atoms with Crippen molar-refractivity contribution in [2.24, 2.45) is 0 Å². The molecule has 1 rings (SSSR count). The molecule has 0 spiro atoms. The Hall–Kier alpha value is -0.690. The molecule has 0 aliphatic rings. The van der Waals surface area contributed by atoms with Gasteiger partial charge in [-0.3, -0.25) is 4.79 Å². The van der Waals surface area contributed by atoms with Gasteiger partial charge in [0.15, 0.2) is 0 Å². The molecule has 1 heterocycles. The fraction of sp³-hybridized carbons (Fsp3) is 0.333. The van der Waals surface area contributed by atoms with Crippen molar-refractivity contribution in [1.29, 1.82) is 0 Å². The van der Waals surface area contributed by atoms with Gasteiger partial charge in [-0.1, -0.05) is 11.6 Å². The molecule has 0 aromatic carbocycles. The molecule has 7 heteroatoms.